The van der Waals surface area contributed by atoms with Gasteiger partial charge in [-0.3, -0.25) is 0 Å². The van der Waals surface area contributed by atoms with E-state index in [0.717, 1.165) is 17.8 Å². The number of rotatable bonds is 3. The molecule has 66 valence electrons. The normalized spacial score (nSPS) is 9.85. The molecule has 4 heteroatoms. The molecule has 0 unspecified atom stereocenters. The van der Waals surface area contributed by atoms with E-state index in [1.807, 2.05) is 6.07 Å². The van der Waals surface area contributed by atoms with Crippen molar-refractivity contribution < 1.29 is 4.42 Å². The minimum absolute atomic E-state index is 0.726. The first-order chi connectivity index (χ1) is 6.45. The van der Waals surface area contributed by atoms with Crippen molar-refractivity contribution in [3.8, 4) is 0 Å². The SMILES string of the molecule is c1ncc(NCc2ccoc2)cn1. The minimum atomic E-state index is 0.726. The zero-order chi connectivity index (χ0) is 8.93. The van der Waals surface area contributed by atoms with E-state index < -0.39 is 0 Å². The predicted molar refractivity (Wildman–Crippen MR) is 48.1 cm³/mol. The van der Waals surface area contributed by atoms with Crippen LogP contribution >= 0.6 is 0 Å². The summed E-state index contributed by atoms with van der Waals surface area (Å²) in [6, 6.07) is 1.91. The van der Waals surface area contributed by atoms with Gasteiger partial charge in [-0.2, -0.15) is 0 Å². The predicted octanol–water partition coefficient (Wildman–Crippen LogP) is 1.68. The Morgan fingerprint density at radius 2 is 2.15 bits per heavy atom. The highest BCUT2D eigenvalue weighted by atomic mass is 16.3. The van der Waals surface area contributed by atoms with Gasteiger partial charge >= 0.3 is 0 Å². The first kappa shape index (κ1) is 7.79. The van der Waals surface area contributed by atoms with Crippen LogP contribution in [0.1, 0.15) is 5.56 Å². The van der Waals surface area contributed by atoms with Gasteiger partial charge < -0.3 is 9.73 Å². The largest absolute Gasteiger partial charge is 0.472 e. The lowest BCUT2D eigenvalue weighted by molar-refractivity contribution is 0.564. The van der Waals surface area contributed by atoms with Crippen LogP contribution in [0.2, 0.25) is 0 Å². The number of nitrogens with one attached hydrogen (secondary N) is 1. The van der Waals surface area contributed by atoms with Crippen molar-refractivity contribution in [2.75, 3.05) is 5.32 Å². The molecule has 1 N–H and O–H groups in total. The maximum atomic E-state index is 4.93. The third-order valence-electron chi connectivity index (χ3n) is 1.64. The Labute approximate surface area is 75.6 Å². The molecule has 0 fully saturated rings. The summed E-state index contributed by atoms with van der Waals surface area (Å²) >= 11 is 0. The standard InChI is InChI=1S/C9H9N3O/c1-2-13-6-8(1)3-12-9-4-10-7-11-5-9/h1-2,4-7,12H,3H2. The van der Waals surface area contributed by atoms with Crippen molar-refractivity contribution in [1.82, 2.24) is 9.97 Å². The molecule has 4 nitrogen and oxygen atoms in total. The lowest BCUT2D eigenvalue weighted by atomic mass is 10.3. The zero-order valence-corrected chi connectivity index (χ0v) is 6.97. The van der Waals surface area contributed by atoms with Crippen LogP contribution < -0.4 is 5.32 Å². The van der Waals surface area contributed by atoms with Crippen LogP contribution in [0.15, 0.2) is 41.7 Å². The van der Waals surface area contributed by atoms with Crippen molar-refractivity contribution in [2.45, 2.75) is 6.54 Å². The van der Waals surface area contributed by atoms with Crippen molar-refractivity contribution in [2.24, 2.45) is 0 Å². The second-order valence-corrected chi connectivity index (χ2v) is 2.61. The number of aromatic nitrogens is 2. The van der Waals surface area contributed by atoms with E-state index in [1.54, 1.807) is 24.9 Å². The summed E-state index contributed by atoms with van der Waals surface area (Å²) in [6.45, 7) is 0.726. The van der Waals surface area contributed by atoms with Crippen molar-refractivity contribution >= 4 is 5.69 Å². The smallest absolute Gasteiger partial charge is 0.115 e. The molecule has 0 aliphatic heterocycles. The summed E-state index contributed by atoms with van der Waals surface area (Å²) in [7, 11) is 0. The molecule has 0 amide bonds. The monoisotopic (exact) mass is 175 g/mol. The molecule has 2 rings (SSSR count). The Balaban J connectivity index is 1.94. The fourth-order valence-corrected chi connectivity index (χ4v) is 0.988. The van der Waals surface area contributed by atoms with Crippen molar-refractivity contribution in [3.05, 3.63) is 42.9 Å². The van der Waals surface area contributed by atoms with Crippen LogP contribution in [0.25, 0.3) is 0 Å². The summed E-state index contributed by atoms with van der Waals surface area (Å²) in [5.41, 5.74) is 2.01. The average molecular weight is 175 g/mol. The number of nitrogens with zero attached hydrogens (tertiary/aromatic N) is 2. The molecule has 2 aromatic rings. The highest BCUT2D eigenvalue weighted by Gasteiger charge is 1.94. The van der Waals surface area contributed by atoms with Crippen molar-refractivity contribution in [3.63, 3.8) is 0 Å². The van der Waals surface area contributed by atoms with Gasteiger partial charge in [0.25, 0.3) is 0 Å². The van der Waals surface area contributed by atoms with Gasteiger partial charge in [-0.05, 0) is 6.07 Å². The van der Waals surface area contributed by atoms with Crippen LogP contribution in [-0.2, 0) is 6.54 Å². The van der Waals surface area contributed by atoms with Crippen LogP contribution in [-0.4, -0.2) is 9.97 Å². The Morgan fingerprint density at radius 3 is 2.85 bits per heavy atom. The number of hydrogen-bond acceptors (Lipinski definition) is 4. The second kappa shape index (κ2) is 3.71. The third-order valence-corrected chi connectivity index (χ3v) is 1.64. The molecule has 0 bridgehead atoms. The highest BCUT2D eigenvalue weighted by molar-refractivity contribution is 5.37. The van der Waals surface area contributed by atoms with Crippen LogP contribution in [0.4, 0.5) is 5.69 Å². The Morgan fingerprint density at radius 1 is 1.31 bits per heavy atom. The van der Waals surface area contributed by atoms with E-state index in [1.165, 1.54) is 6.33 Å². The minimum Gasteiger partial charge on any atom is -0.472 e. The fraction of sp³-hybridized carbons (Fsp3) is 0.111. The lowest BCUT2D eigenvalue weighted by Gasteiger charge is -2.01. The lowest BCUT2D eigenvalue weighted by Crippen LogP contribution is -1.98. The van der Waals surface area contributed by atoms with Crippen molar-refractivity contribution in [1.29, 1.82) is 0 Å². The van der Waals surface area contributed by atoms with E-state index in [0.29, 0.717) is 0 Å². The quantitative estimate of drug-likeness (QED) is 0.771. The fourth-order valence-electron chi connectivity index (χ4n) is 0.988. The van der Waals surface area contributed by atoms with E-state index >= 15 is 0 Å². The third kappa shape index (κ3) is 2.05. The Kier molecular flexibility index (Phi) is 2.22. The molecule has 0 aromatic carbocycles. The summed E-state index contributed by atoms with van der Waals surface area (Å²) < 4.78 is 4.93. The molecule has 0 saturated heterocycles. The molecule has 0 atom stereocenters. The van der Waals surface area contributed by atoms with Gasteiger partial charge in [0.15, 0.2) is 0 Å². The summed E-state index contributed by atoms with van der Waals surface area (Å²) in [4.78, 5) is 7.78. The zero-order valence-electron chi connectivity index (χ0n) is 6.97. The molecule has 0 spiro atoms. The Hall–Kier alpha value is -1.84. The highest BCUT2D eigenvalue weighted by Crippen LogP contribution is 2.05. The van der Waals surface area contributed by atoms with Gasteiger partial charge in [-0.25, -0.2) is 9.97 Å². The van der Waals surface area contributed by atoms with Crippen LogP contribution in [0.3, 0.4) is 0 Å². The van der Waals surface area contributed by atoms with Gasteiger partial charge in [0.05, 0.1) is 30.6 Å². The van der Waals surface area contributed by atoms with E-state index in [2.05, 4.69) is 15.3 Å². The first-order valence-electron chi connectivity index (χ1n) is 3.95. The average Bonchev–Trinajstić information content (AvgIpc) is 2.69. The maximum Gasteiger partial charge on any atom is 0.115 e. The topological polar surface area (TPSA) is 51.0 Å². The van der Waals surface area contributed by atoms with Gasteiger partial charge in [-0.15, -0.1) is 0 Å². The van der Waals surface area contributed by atoms with Gasteiger partial charge in [0.1, 0.15) is 6.33 Å². The molecule has 0 aliphatic carbocycles. The summed E-state index contributed by atoms with van der Waals surface area (Å²) in [5.74, 6) is 0. The molecular formula is C9H9N3O. The maximum absolute atomic E-state index is 4.93. The molecule has 0 aliphatic rings. The van der Waals surface area contributed by atoms with Crippen LogP contribution in [0.5, 0.6) is 0 Å². The first-order valence-corrected chi connectivity index (χ1v) is 3.95. The molecule has 2 aromatic heterocycles. The number of anilines is 1. The number of furan rings is 1. The number of hydrogen-bond donors (Lipinski definition) is 1. The molecular weight excluding hydrogens is 166 g/mol. The molecule has 0 radical (unpaired) electrons. The van der Waals surface area contributed by atoms with Gasteiger partial charge in [0, 0.05) is 12.1 Å². The molecule has 2 heterocycles. The molecule has 13 heavy (non-hydrogen) atoms. The van der Waals surface area contributed by atoms with Gasteiger partial charge in [0.2, 0.25) is 0 Å². The van der Waals surface area contributed by atoms with E-state index in [4.69, 9.17) is 4.42 Å². The molecule has 0 saturated carbocycles. The van der Waals surface area contributed by atoms with E-state index in [-0.39, 0.29) is 0 Å². The van der Waals surface area contributed by atoms with Crippen LogP contribution in [0, 0.1) is 0 Å². The van der Waals surface area contributed by atoms with Gasteiger partial charge in [-0.1, -0.05) is 0 Å². The summed E-state index contributed by atoms with van der Waals surface area (Å²) in [6.07, 6.45) is 8.32. The summed E-state index contributed by atoms with van der Waals surface area (Å²) in [5, 5.41) is 3.16. The Bertz CT molecular complexity index is 344. The second-order valence-electron chi connectivity index (χ2n) is 2.61. The van der Waals surface area contributed by atoms with E-state index in [9.17, 15) is 0 Å².